The lowest BCUT2D eigenvalue weighted by molar-refractivity contribution is -0.139. The molecule has 9 heteroatoms. The van der Waals surface area contributed by atoms with Crippen LogP contribution in [0.2, 0.25) is 0 Å². The van der Waals surface area contributed by atoms with Gasteiger partial charge in [-0.05, 0) is 89.2 Å². The van der Waals surface area contributed by atoms with Crippen LogP contribution in [0.5, 0.6) is 11.5 Å². The van der Waals surface area contributed by atoms with Crippen molar-refractivity contribution in [3.63, 3.8) is 0 Å². The quantitative estimate of drug-likeness (QED) is 0.421. The fourth-order valence-corrected chi connectivity index (χ4v) is 4.31. The number of aliphatic imine (C=N–C) groups is 1. The zero-order chi connectivity index (χ0) is 21.8. The molecular weight excluding hydrogens is 519 g/mol. The highest BCUT2D eigenvalue weighted by molar-refractivity contribution is 14.1. The van der Waals surface area contributed by atoms with E-state index in [-0.39, 0.29) is 5.91 Å². The van der Waals surface area contributed by atoms with Gasteiger partial charge in [0.2, 0.25) is 0 Å². The maximum Gasteiger partial charge on any atom is 0.341 e. The number of methoxy groups -OCH3 is 1. The third-order valence-corrected chi connectivity index (χ3v) is 6.05. The zero-order valence-electron chi connectivity index (χ0n) is 16.5. The fraction of sp³-hybridized carbons (Fsp3) is 0.190. The van der Waals surface area contributed by atoms with E-state index in [0.717, 1.165) is 22.4 Å². The first-order valence-electron chi connectivity index (χ1n) is 8.86. The Hall–Kier alpha value is -2.53. The van der Waals surface area contributed by atoms with Gasteiger partial charge >= 0.3 is 5.97 Å². The van der Waals surface area contributed by atoms with Crippen LogP contribution in [0.3, 0.4) is 0 Å². The molecule has 3 rings (SSSR count). The summed E-state index contributed by atoms with van der Waals surface area (Å²) in [6.07, 6.45) is 1.73. The number of amides is 1. The maximum atomic E-state index is 12.4. The smallest absolute Gasteiger partial charge is 0.341 e. The Labute approximate surface area is 191 Å². The van der Waals surface area contributed by atoms with E-state index in [1.807, 2.05) is 54.6 Å². The van der Waals surface area contributed by atoms with Gasteiger partial charge in [0.15, 0.2) is 23.3 Å². The van der Waals surface area contributed by atoms with Crippen molar-refractivity contribution in [2.75, 3.05) is 13.7 Å². The summed E-state index contributed by atoms with van der Waals surface area (Å²) in [7, 11) is 1.47. The molecule has 0 aliphatic carbocycles. The number of carbonyl (C=O) groups excluding carboxylic acids is 1. The van der Waals surface area contributed by atoms with Gasteiger partial charge in [-0.2, -0.15) is 0 Å². The Bertz CT molecular complexity index is 1080. The number of aryl methyl sites for hydroxylation is 1. The number of carbonyl (C=O) groups is 2. The van der Waals surface area contributed by atoms with Crippen LogP contribution >= 0.6 is 34.4 Å². The Morgan fingerprint density at radius 2 is 2.10 bits per heavy atom. The molecule has 30 heavy (non-hydrogen) atoms. The van der Waals surface area contributed by atoms with Crippen molar-refractivity contribution in [2.45, 2.75) is 13.8 Å². The normalized spacial score (nSPS) is 16.1. The molecule has 1 heterocycles. The van der Waals surface area contributed by atoms with Crippen molar-refractivity contribution in [3.05, 3.63) is 55.5 Å². The second-order valence-corrected chi connectivity index (χ2v) is 8.61. The van der Waals surface area contributed by atoms with E-state index in [0.29, 0.717) is 25.1 Å². The molecule has 2 aromatic rings. The van der Waals surface area contributed by atoms with Crippen LogP contribution < -0.4 is 14.8 Å². The third-order valence-electron chi connectivity index (χ3n) is 4.34. The molecule has 2 aromatic carbocycles. The van der Waals surface area contributed by atoms with Crippen molar-refractivity contribution in [2.24, 2.45) is 4.99 Å². The number of hydrogen-bond acceptors (Lipinski definition) is 6. The summed E-state index contributed by atoms with van der Waals surface area (Å²) in [6.45, 7) is 3.54. The number of amidine groups is 1. The molecule has 7 nitrogen and oxygen atoms in total. The highest BCUT2D eigenvalue weighted by Crippen LogP contribution is 2.36. The van der Waals surface area contributed by atoms with Crippen molar-refractivity contribution < 1.29 is 24.2 Å². The summed E-state index contributed by atoms with van der Waals surface area (Å²) in [5.74, 6) is -0.566. The number of aliphatic carboxylic acids is 1. The average Bonchev–Trinajstić information content (AvgIpc) is 3.03. The summed E-state index contributed by atoms with van der Waals surface area (Å²) in [5.41, 5.74) is 3.74. The van der Waals surface area contributed by atoms with Crippen molar-refractivity contribution >= 4 is 63.2 Å². The molecule has 156 valence electrons. The molecular formula is C21H19IN2O5S. The monoisotopic (exact) mass is 538 g/mol. The molecule has 1 fully saturated rings. The molecule has 0 aromatic heterocycles. The second kappa shape index (κ2) is 9.52. The molecule has 0 spiro atoms. The standard InChI is InChI=1S/C21H19IN2O5S/c1-11-5-4-6-15(12(11)2)23-21-24-20(27)17(30-21)9-13-7-14(22)19(16(8-13)28-3)29-10-18(25)26/h4-9H,10H2,1-3H3,(H,25,26)(H,23,24,27)/b17-9-. The lowest BCUT2D eigenvalue weighted by Crippen LogP contribution is -2.19. The summed E-state index contributed by atoms with van der Waals surface area (Å²) < 4.78 is 11.3. The maximum absolute atomic E-state index is 12.4. The van der Waals surface area contributed by atoms with Crippen LogP contribution in [0.1, 0.15) is 16.7 Å². The number of thioether (sulfide) groups is 1. The van der Waals surface area contributed by atoms with E-state index in [2.05, 4.69) is 10.3 Å². The van der Waals surface area contributed by atoms with Crippen molar-refractivity contribution in [1.82, 2.24) is 5.32 Å². The largest absolute Gasteiger partial charge is 0.493 e. The number of nitrogens with one attached hydrogen (secondary N) is 1. The van der Waals surface area contributed by atoms with E-state index in [1.165, 1.54) is 18.9 Å². The van der Waals surface area contributed by atoms with Gasteiger partial charge < -0.3 is 19.9 Å². The molecule has 0 radical (unpaired) electrons. The highest BCUT2D eigenvalue weighted by Gasteiger charge is 2.24. The summed E-state index contributed by atoms with van der Waals surface area (Å²) in [6, 6.07) is 9.35. The van der Waals surface area contributed by atoms with Gasteiger partial charge in [-0.15, -0.1) is 0 Å². The first kappa shape index (κ1) is 22.2. The van der Waals surface area contributed by atoms with E-state index in [9.17, 15) is 9.59 Å². The van der Waals surface area contributed by atoms with Crippen molar-refractivity contribution in [1.29, 1.82) is 0 Å². The molecule has 1 aliphatic heterocycles. The molecule has 1 amide bonds. The van der Waals surface area contributed by atoms with Gasteiger partial charge in [-0.25, -0.2) is 9.79 Å². The molecule has 0 saturated carbocycles. The topological polar surface area (TPSA) is 97.2 Å². The Balaban J connectivity index is 1.87. The van der Waals surface area contributed by atoms with Crippen LogP contribution in [0, 0.1) is 17.4 Å². The number of ether oxygens (including phenoxy) is 2. The third kappa shape index (κ3) is 5.14. The minimum Gasteiger partial charge on any atom is -0.493 e. The summed E-state index contributed by atoms with van der Waals surface area (Å²) in [4.78, 5) is 28.3. The summed E-state index contributed by atoms with van der Waals surface area (Å²) in [5, 5.41) is 12.1. The number of carboxylic acid groups (broad SMARTS) is 1. The molecule has 0 unspecified atom stereocenters. The van der Waals surface area contributed by atoms with E-state index < -0.39 is 12.6 Å². The first-order chi connectivity index (χ1) is 14.3. The van der Waals surface area contributed by atoms with E-state index >= 15 is 0 Å². The van der Waals surface area contributed by atoms with Crippen molar-refractivity contribution in [3.8, 4) is 11.5 Å². The number of hydrogen-bond donors (Lipinski definition) is 2. The zero-order valence-corrected chi connectivity index (χ0v) is 19.5. The average molecular weight is 538 g/mol. The molecule has 0 atom stereocenters. The minimum atomic E-state index is -1.08. The lowest BCUT2D eigenvalue weighted by atomic mass is 10.1. The number of carboxylic acids is 1. The van der Waals surface area contributed by atoms with Gasteiger partial charge in [-0.1, -0.05) is 12.1 Å². The first-order valence-corrected chi connectivity index (χ1v) is 10.8. The molecule has 1 aliphatic rings. The van der Waals surface area contributed by atoms with Gasteiger partial charge in [0, 0.05) is 0 Å². The Morgan fingerprint density at radius 3 is 2.80 bits per heavy atom. The molecule has 1 saturated heterocycles. The summed E-state index contributed by atoms with van der Waals surface area (Å²) >= 11 is 3.30. The Morgan fingerprint density at radius 1 is 1.33 bits per heavy atom. The van der Waals surface area contributed by atoms with Gasteiger partial charge in [0.05, 0.1) is 21.3 Å². The number of halogens is 1. The molecule has 0 bridgehead atoms. The van der Waals surface area contributed by atoms with Gasteiger partial charge in [0.1, 0.15) is 0 Å². The van der Waals surface area contributed by atoms with Crippen LogP contribution in [-0.2, 0) is 9.59 Å². The van der Waals surface area contributed by atoms with Gasteiger partial charge in [-0.3, -0.25) is 4.79 Å². The molecule has 2 N–H and O–H groups in total. The minimum absolute atomic E-state index is 0.232. The predicted molar refractivity (Wildman–Crippen MR) is 126 cm³/mol. The number of benzene rings is 2. The number of nitrogens with zero attached hydrogens (tertiary/aromatic N) is 1. The lowest BCUT2D eigenvalue weighted by Gasteiger charge is -2.12. The Kier molecular flexibility index (Phi) is 7.03. The fourth-order valence-electron chi connectivity index (χ4n) is 2.70. The SMILES string of the molecule is COc1cc(/C=C2\SC(=Nc3cccc(C)c3C)NC2=O)cc(I)c1OCC(=O)O. The van der Waals surface area contributed by atoms with E-state index in [4.69, 9.17) is 14.6 Å². The van der Waals surface area contributed by atoms with Crippen LogP contribution in [0.15, 0.2) is 40.2 Å². The van der Waals surface area contributed by atoms with Crippen LogP contribution in [0.25, 0.3) is 6.08 Å². The van der Waals surface area contributed by atoms with Crippen LogP contribution in [-0.4, -0.2) is 35.9 Å². The number of rotatable bonds is 6. The van der Waals surface area contributed by atoms with E-state index in [1.54, 1.807) is 18.2 Å². The second-order valence-electron chi connectivity index (χ2n) is 6.42. The van der Waals surface area contributed by atoms with Gasteiger partial charge in [0.25, 0.3) is 5.91 Å². The van der Waals surface area contributed by atoms with Crippen LogP contribution in [0.4, 0.5) is 5.69 Å². The highest BCUT2D eigenvalue weighted by atomic mass is 127. The predicted octanol–water partition coefficient (Wildman–Crippen LogP) is 4.27.